The fourth-order valence-electron chi connectivity index (χ4n) is 6.10. The third kappa shape index (κ3) is 3.48. The van der Waals surface area contributed by atoms with Crippen molar-refractivity contribution >= 4 is 21.5 Å². The Bertz CT molecular complexity index is 2030. The third-order valence-electron chi connectivity index (χ3n) is 7.89. The van der Waals surface area contributed by atoms with Gasteiger partial charge in [-0.15, -0.1) is 0 Å². The van der Waals surface area contributed by atoms with E-state index in [1.54, 1.807) is 0 Å². The fraction of sp³-hybridized carbons (Fsp3) is 0. The zero-order valence-corrected chi connectivity index (χ0v) is 21.3. The molecule has 0 bridgehead atoms. The molecule has 182 valence electrons. The highest BCUT2D eigenvalue weighted by molar-refractivity contribution is 6.11. The summed E-state index contributed by atoms with van der Waals surface area (Å²) in [6, 6.07) is 52.1. The van der Waals surface area contributed by atoms with Crippen LogP contribution in [0.15, 0.2) is 146 Å². The Hall–Kier alpha value is -5.14. The molecular weight excluding hydrogens is 472 g/mol. The first-order valence-electron chi connectivity index (χ1n) is 13.4. The fourth-order valence-corrected chi connectivity index (χ4v) is 6.10. The lowest BCUT2D eigenvalue weighted by Gasteiger charge is -2.23. The van der Waals surface area contributed by atoms with Crippen molar-refractivity contribution in [3.05, 3.63) is 146 Å². The van der Waals surface area contributed by atoms with Gasteiger partial charge in [0, 0.05) is 10.9 Å². The van der Waals surface area contributed by atoms with E-state index < -0.39 is 0 Å². The van der Waals surface area contributed by atoms with Crippen molar-refractivity contribution in [1.82, 2.24) is 0 Å². The predicted octanol–water partition coefficient (Wildman–Crippen LogP) is 10.8. The van der Waals surface area contributed by atoms with Crippen molar-refractivity contribution in [2.24, 2.45) is 0 Å². The first kappa shape index (κ1) is 21.9. The van der Waals surface area contributed by atoms with Crippen LogP contribution in [0.4, 0.5) is 0 Å². The Kier molecular flexibility index (Phi) is 4.89. The quantitative estimate of drug-likeness (QED) is 0.236. The van der Waals surface area contributed by atoms with E-state index in [1.807, 2.05) is 12.1 Å². The lowest BCUT2D eigenvalue weighted by Crippen LogP contribution is -1.98. The van der Waals surface area contributed by atoms with E-state index in [2.05, 4.69) is 133 Å². The van der Waals surface area contributed by atoms with Crippen molar-refractivity contribution in [1.29, 1.82) is 0 Å². The zero-order chi connectivity index (χ0) is 25.8. The minimum absolute atomic E-state index is 0.910. The molecular formula is C38H24O. The molecule has 1 heteroatoms. The van der Waals surface area contributed by atoms with Gasteiger partial charge in [0.05, 0.1) is 0 Å². The smallest absolute Gasteiger partial charge is 0.135 e. The summed E-state index contributed by atoms with van der Waals surface area (Å²) in [7, 11) is 0. The maximum atomic E-state index is 6.40. The van der Waals surface area contributed by atoms with Gasteiger partial charge >= 0.3 is 0 Å². The maximum absolute atomic E-state index is 6.40. The molecule has 1 aliphatic rings. The van der Waals surface area contributed by atoms with E-state index in [-0.39, 0.29) is 0 Å². The van der Waals surface area contributed by atoms with Crippen LogP contribution in [0.1, 0.15) is 0 Å². The summed E-state index contributed by atoms with van der Waals surface area (Å²) in [5.41, 5.74) is 9.67. The van der Waals surface area contributed by atoms with Crippen LogP contribution >= 0.6 is 0 Å². The minimum atomic E-state index is 0.910. The van der Waals surface area contributed by atoms with E-state index in [0.717, 1.165) is 17.1 Å². The zero-order valence-electron chi connectivity index (χ0n) is 21.3. The lowest BCUT2D eigenvalue weighted by atomic mass is 9.86. The molecule has 0 unspecified atom stereocenters. The van der Waals surface area contributed by atoms with Gasteiger partial charge in [-0.2, -0.15) is 0 Å². The average Bonchev–Trinajstić information content (AvgIpc) is 3.01. The molecule has 0 fully saturated rings. The van der Waals surface area contributed by atoms with Gasteiger partial charge < -0.3 is 4.74 Å². The van der Waals surface area contributed by atoms with Crippen molar-refractivity contribution in [2.75, 3.05) is 0 Å². The van der Waals surface area contributed by atoms with Gasteiger partial charge in [-0.25, -0.2) is 0 Å². The Labute approximate surface area is 227 Å². The molecule has 0 radical (unpaired) electrons. The summed E-state index contributed by atoms with van der Waals surface area (Å²) >= 11 is 0. The number of benzene rings is 7. The molecule has 0 atom stereocenters. The van der Waals surface area contributed by atoms with E-state index in [9.17, 15) is 0 Å². The van der Waals surface area contributed by atoms with Crippen molar-refractivity contribution < 1.29 is 4.74 Å². The summed E-state index contributed by atoms with van der Waals surface area (Å²) in [4.78, 5) is 0. The number of para-hydroxylation sites is 1. The van der Waals surface area contributed by atoms with Gasteiger partial charge in [-0.3, -0.25) is 0 Å². The van der Waals surface area contributed by atoms with E-state index in [4.69, 9.17) is 4.74 Å². The van der Waals surface area contributed by atoms with Crippen LogP contribution in [0.25, 0.3) is 66.1 Å². The number of hydrogen-bond donors (Lipinski definition) is 0. The van der Waals surface area contributed by atoms with Crippen LogP contribution in [0, 0.1) is 0 Å². The summed E-state index contributed by atoms with van der Waals surface area (Å²) in [5.74, 6) is 1.82. The van der Waals surface area contributed by atoms with Crippen LogP contribution in [0.2, 0.25) is 0 Å². The molecule has 0 amide bonds. The molecule has 7 aromatic rings. The molecule has 0 saturated heterocycles. The molecule has 0 aromatic heterocycles. The molecule has 1 aliphatic heterocycles. The topological polar surface area (TPSA) is 9.23 Å². The van der Waals surface area contributed by atoms with E-state index >= 15 is 0 Å². The summed E-state index contributed by atoms with van der Waals surface area (Å²) in [6.45, 7) is 0. The second-order valence-electron chi connectivity index (χ2n) is 10.1. The molecule has 1 nitrogen and oxygen atoms in total. The minimum Gasteiger partial charge on any atom is -0.456 e. The predicted molar refractivity (Wildman–Crippen MR) is 163 cm³/mol. The van der Waals surface area contributed by atoms with Crippen LogP contribution < -0.4 is 4.74 Å². The van der Waals surface area contributed by atoms with E-state index in [1.165, 1.54) is 60.5 Å². The molecule has 8 rings (SSSR count). The largest absolute Gasteiger partial charge is 0.456 e. The van der Waals surface area contributed by atoms with Gasteiger partial charge in [0.15, 0.2) is 0 Å². The van der Waals surface area contributed by atoms with Gasteiger partial charge in [-0.1, -0.05) is 127 Å². The van der Waals surface area contributed by atoms with Gasteiger partial charge in [0.2, 0.25) is 0 Å². The maximum Gasteiger partial charge on any atom is 0.135 e. The second-order valence-corrected chi connectivity index (χ2v) is 10.1. The standard InChI is InChI=1S/C38H24O/c1-2-10-25(11-3-1)30-21-20-27(29-16-8-13-26-12-4-5-14-28(26)29)24-35(30)31-22-23-37-38-33(31)17-9-18-34(38)32-15-6-7-19-36(32)39-37/h1-24H. The Morgan fingerprint density at radius 3 is 1.97 bits per heavy atom. The number of hydrogen-bond acceptors (Lipinski definition) is 1. The van der Waals surface area contributed by atoms with Crippen molar-refractivity contribution in [3.63, 3.8) is 0 Å². The lowest BCUT2D eigenvalue weighted by molar-refractivity contribution is 0.487. The number of ether oxygens (including phenoxy) is 1. The molecule has 0 spiro atoms. The molecule has 1 heterocycles. The molecule has 0 aliphatic carbocycles. The number of fused-ring (bicyclic) bond motifs is 3. The van der Waals surface area contributed by atoms with Crippen LogP contribution in [0.3, 0.4) is 0 Å². The van der Waals surface area contributed by atoms with Crippen LogP contribution in [-0.2, 0) is 0 Å². The van der Waals surface area contributed by atoms with Gasteiger partial charge in [0.1, 0.15) is 11.5 Å². The average molecular weight is 497 g/mol. The molecule has 7 aromatic carbocycles. The molecule has 0 saturated carbocycles. The third-order valence-corrected chi connectivity index (χ3v) is 7.89. The van der Waals surface area contributed by atoms with Gasteiger partial charge in [-0.05, 0) is 73.3 Å². The Balaban J connectivity index is 1.42. The SMILES string of the molecule is c1ccc(-c2ccc(-c3cccc4ccccc34)cc2-c2ccc3c4c(cccc24)-c2ccccc2O3)cc1. The highest BCUT2D eigenvalue weighted by Crippen LogP contribution is 2.49. The Morgan fingerprint density at radius 1 is 0.333 bits per heavy atom. The Morgan fingerprint density at radius 2 is 1.03 bits per heavy atom. The normalized spacial score (nSPS) is 11.8. The second kappa shape index (κ2) is 8.72. The van der Waals surface area contributed by atoms with Gasteiger partial charge in [0.25, 0.3) is 0 Å². The summed E-state index contributed by atoms with van der Waals surface area (Å²) in [6.07, 6.45) is 0. The van der Waals surface area contributed by atoms with Crippen molar-refractivity contribution in [3.8, 4) is 56.0 Å². The molecule has 0 N–H and O–H groups in total. The first-order chi connectivity index (χ1) is 19.3. The molecule has 39 heavy (non-hydrogen) atoms. The van der Waals surface area contributed by atoms with Crippen LogP contribution in [0.5, 0.6) is 11.5 Å². The van der Waals surface area contributed by atoms with Crippen LogP contribution in [-0.4, -0.2) is 0 Å². The summed E-state index contributed by atoms with van der Waals surface area (Å²) < 4.78 is 6.40. The first-order valence-corrected chi connectivity index (χ1v) is 13.4. The highest BCUT2D eigenvalue weighted by Gasteiger charge is 2.22. The highest BCUT2D eigenvalue weighted by atomic mass is 16.5. The monoisotopic (exact) mass is 496 g/mol. The number of rotatable bonds is 3. The summed E-state index contributed by atoms with van der Waals surface area (Å²) in [5, 5.41) is 4.89. The van der Waals surface area contributed by atoms with Crippen molar-refractivity contribution in [2.45, 2.75) is 0 Å². The van der Waals surface area contributed by atoms with E-state index in [0.29, 0.717) is 0 Å².